The van der Waals surface area contributed by atoms with Gasteiger partial charge in [0, 0.05) is 37.8 Å². The monoisotopic (exact) mass is 430 g/mol. The summed E-state index contributed by atoms with van der Waals surface area (Å²) >= 11 is 6.92. The van der Waals surface area contributed by atoms with Crippen molar-refractivity contribution in [2.24, 2.45) is 4.99 Å². The Morgan fingerprint density at radius 3 is 2.04 bits per heavy atom. The Bertz CT molecular complexity index is 844. The second-order valence-corrected chi connectivity index (χ2v) is 7.20. The fourth-order valence-corrected chi connectivity index (χ4v) is 3.11. The molecule has 0 radical (unpaired) electrons. The number of aliphatic imine (C=N–C) groups is 1. The Balaban J connectivity index is 1.94. The highest BCUT2D eigenvalue weighted by atomic mass is 79.9. The number of benzene rings is 2. The Hall–Kier alpha value is -1.65. The summed E-state index contributed by atoms with van der Waals surface area (Å²) in [6.45, 7) is 4.24. The maximum Gasteiger partial charge on any atom is 0.0630 e. The van der Waals surface area contributed by atoms with Gasteiger partial charge in [-0.15, -0.1) is 0 Å². The van der Waals surface area contributed by atoms with Crippen LogP contribution in [-0.2, 0) is 0 Å². The quantitative estimate of drug-likeness (QED) is 0.428. The van der Waals surface area contributed by atoms with E-state index in [1.807, 2.05) is 30.5 Å². The standard InChI is InChI=1S/C19H16Br2N2/c1-13-11-15(12-22-18-7-3-16(20)4-8-18)14(2)23(13)19-9-5-17(21)6-10-19/h3-12H,1-2H3. The zero-order valence-corrected chi connectivity index (χ0v) is 16.1. The van der Waals surface area contributed by atoms with Crippen LogP contribution in [0, 0.1) is 13.8 Å². The van der Waals surface area contributed by atoms with E-state index in [-0.39, 0.29) is 0 Å². The number of halogens is 2. The van der Waals surface area contributed by atoms with Crippen molar-refractivity contribution < 1.29 is 0 Å². The van der Waals surface area contributed by atoms with Crippen LogP contribution in [0.25, 0.3) is 5.69 Å². The molecule has 0 aliphatic rings. The molecule has 1 aromatic heterocycles. The van der Waals surface area contributed by atoms with Gasteiger partial charge in [0.15, 0.2) is 0 Å². The van der Waals surface area contributed by atoms with E-state index in [1.54, 1.807) is 0 Å². The molecule has 0 saturated heterocycles. The summed E-state index contributed by atoms with van der Waals surface area (Å²) in [6.07, 6.45) is 1.93. The summed E-state index contributed by atoms with van der Waals surface area (Å²) in [4.78, 5) is 4.57. The number of aryl methyl sites for hydroxylation is 1. The average molecular weight is 432 g/mol. The van der Waals surface area contributed by atoms with Gasteiger partial charge in [-0.2, -0.15) is 0 Å². The lowest BCUT2D eigenvalue weighted by Gasteiger charge is -2.09. The van der Waals surface area contributed by atoms with E-state index in [2.05, 4.69) is 85.6 Å². The first-order chi connectivity index (χ1) is 11.0. The highest BCUT2D eigenvalue weighted by Gasteiger charge is 2.09. The highest BCUT2D eigenvalue weighted by Crippen LogP contribution is 2.22. The van der Waals surface area contributed by atoms with Gasteiger partial charge in [0.25, 0.3) is 0 Å². The predicted molar refractivity (Wildman–Crippen MR) is 104 cm³/mol. The van der Waals surface area contributed by atoms with E-state index in [4.69, 9.17) is 0 Å². The second kappa shape index (κ2) is 6.85. The molecule has 0 unspecified atom stereocenters. The normalized spacial score (nSPS) is 11.3. The zero-order chi connectivity index (χ0) is 16.4. The third kappa shape index (κ3) is 3.65. The van der Waals surface area contributed by atoms with Crippen LogP contribution in [0.4, 0.5) is 5.69 Å². The summed E-state index contributed by atoms with van der Waals surface area (Å²) < 4.78 is 4.39. The van der Waals surface area contributed by atoms with Gasteiger partial charge in [0.2, 0.25) is 0 Å². The van der Waals surface area contributed by atoms with Crippen LogP contribution in [0.3, 0.4) is 0 Å². The summed E-state index contributed by atoms with van der Waals surface area (Å²) in [5.41, 5.74) is 5.62. The Kier molecular flexibility index (Phi) is 4.83. The molecule has 116 valence electrons. The number of nitrogens with zero attached hydrogens (tertiary/aromatic N) is 2. The van der Waals surface area contributed by atoms with Gasteiger partial charge in [-0.3, -0.25) is 4.99 Å². The first-order valence-electron chi connectivity index (χ1n) is 7.29. The molecule has 0 bridgehead atoms. The molecular formula is C19H16Br2N2. The van der Waals surface area contributed by atoms with Crippen molar-refractivity contribution in [1.29, 1.82) is 0 Å². The minimum absolute atomic E-state index is 0.946. The van der Waals surface area contributed by atoms with E-state index in [1.165, 1.54) is 11.4 Å². The fraction of sp³-hybridized carbons (Fsp3) is 0.105. The highest BCUT2D eigenvalue weighted by molar-refractivity contribution is 9.10. The number of hydrogen-bond acceptors (Lipinski definition) is 1. The maximum absolute atomic E-state index is 4.57. The van der Waals surface area contributed by atoms with Gasteiger partial charge in [-0.05, 0) is 68.4 Å². The van der Waals surface area contributed by atoms with Crippen molar-refractivity contribution in [3.8, 4) is 5.69 Å². The molecule has 3 aromatic rings. The van der Waals surface area contributed by atoms with E-state index in [0.29, 0.717) is 0 Å². The topological polar surface area (TPSA) is 17.3 Å². The lowest BCUT2D eigenvalue weighted by molar-refractivity contribution is 0.964. The lowest BCUT2D eigenvalue weighted by atomic mass is 10.2. The van der Waals surface area contributed by atoms with Crippen LogP contribution in [0.5, 0.6) is 0 Å². The van der Waals surface area contributed by atoms with Gasteiger partial charge in [0.1, 0.15) is 0 Å². The molecule has 0 saturated carbocycles. The summed E-state index contributed by atoms with van der Waals surface area (Å²) in [6, 6.07) is 18.5. The molecule has 0 atom stereocenters. The summed E-state index contributed by atoms with van der Waals surface area (Å²) in [5.74, 6) is 0. The van der Waals surface area contributed by atoms with Crippen molar-refractivity contribution in [3.63, 3.8) is 0 Å². The molecule has 4 heteroatoms. The van der Waals surface area contributed by atoms with E-state index < -0.39 is 0 Å². The van der Waals surface area contributed by atoms with Crippen LogP contribution in [0.1, 0.15) is 17.0 Å². The zero-order valence-electron chi connectivity index (χ0n) is 12.9. The molecule has 0 aliphatic carbocycles. The molecule has 0 aliphatic heterocycles. The van der Waals surface area contributed by atoms with Crippen molar-refractivity contribution in [2.45, 2.75) is 13.8 Å². The molecule has 0 amide bonds. The average Bonchev–Trinajstić information content (AvgIpc) is 2.82. The van der Waals surface area contributed by atoms with E-state index >= 15 is 0 Å². The Labute approximate surface area is 153 Å². The SMILES string of the molecule is Cc1cc(C=Nc2ccc(Br)cc2)c(C)n1-c1ccc(Br)cc1. The van der Waals surface area contributed by atoms with E-state index in [9.17, 15) is 0 Å². The van der Waals surface area contributed by atoms with Crippen molar-refractivity contribution in [1.82, 2.24) is 4.57 Å². The van der Waals surface area contributed by atoms with Crippen LogP contribution in [0.15, 0.2) is 68.5 Å². The van der Waals surface area contributed by atoms with Crippen molar-refractivity contribution in [2.75, 3.05) is 0 Å². The summed E-state index contributed by atoms with van der Waals surface area (Å²) in [5, 5.41) is 0. The lowest BCUT2D eigenvalue weighted by Crippen LogP contribution is -1.99. The Morgan fingerprint density at radius 1 is 0.870 bits per heavy atom. The van der Waals surface area contributed by atoms with Crippen LogP contribution in [-0.4, -0.2) is 10.8 Å². The first-order valence-corrected chi connectivity index (χ1v) is 8.88. The fourth-order valence-electron chi connectivity index (χ4n) is 2.58. The molecule has 2 aromatic carbocycles. The predicted octanol–water partition coefficient (Wildman–Crippen LogP) is 6.37. The molecule has 0 N–H and O–H groups in total. The minimum Gasteiger partial charge on any atom is -0.318 e. The minimum atomic E-state index is 0.946. The van der Waals surface area contributed by atoms with Crippen molar-refractivity contribution >= 4 is 43.8 Å². The molecule has 0 spiro atoms. The summed E-state index contributed by atoms with van der Waals surface area (Å²) in [7, 11) is 0. The molecular weight excluding hydrogens is 416 g/mol. The maximum atomic E-state index is 4.57. The first kappa shape index (κ1) is 16.2. The van der Waals surface area contributed by atoms with Crippen LogP contribution >= 0.6 is 31.9 Å². The molecule has 2 nitrogen and oxygen atoms in total. The van der Waals surface area contributed by atoms with Gasteiger partial charge < -0.3 is 4.57 Å². The molecule has 0 fully saturated rings. The van der Waals surface area contributed by atoms with Crippen LogP contribution in [0.2, 0.25) is 0 Å². The van der Waals surface area contributed by atoms with Crippen molar-refractivity contribution in [3.05, 3.63) is 80.5 Å². The number of aromatic nitrogens is 1. The number of hydrogen-bond donors (Lipinski definition) is 0. The number of rotatable bonds is 3. The Morgan fingerprint density at radius 2 is 1.43 bits per heavy atom. The second-order valence-electron chi connectivity index (χ2n) is 5.37. The van der Waals surface area contributed by atoms with Crippen LogP contribution < -0.4 is 0 Å². The van der Waals surface area contributed by atoms with Gasteiger partial charge >= 0.3 is 0 Å². The largest absolute Gasteiger partial charge is 0.318 e. The van der Waals surface area contributed by atoms with Gasteiger partial charge in [-0.25, -0.2) is 0 Å². The third-order valence-electron chi connectivity index (χ3n) is 3.73. The molecule has 23 heavy (non-hydrogen) atoms. The van der Waals surface area contributed by atoms with Gasteiger partial charge in [0.05, 0.1) is 5.69 Å². The third-order valence-corrected chi connectivity index (χ3v) is 4.79. The van der Waals surface area contributed by atoms with E-state index in [0.717, 1.165) is 25.9 Å². The molecule has 3 rings (SSSR count). The molecule has 1 heterocycles. The van der Waals surface area contributed by atoms with Gasteiger partial charge in [-0.1, -0.05) is 31.9 Å². The smallest absolute Gasteiger partial charge is 0.0630 e.